The van der Waals surface area contributed by atoms with Crippen molar-refractivity contribution in [2.75, 3.05) is 26.0 Å². The van der Waals surface area contributed by atoms with Crippen molar-refractivity contribution in [1.82, 2.24) is 14.9 Å². The molecule has 1 aromatic rings. The number of amides is 1. The van der Waals surface area contributed by atoms with Crippen LogP contribution in [0.3, 0.4) is 0 Å². The number of hydrogen-bond donors (Lipinski definition) is 1. The molecule has 76 valence electrons. The number of nitrogens with zero attached hydrogens (tertiary/aromatic N) is 3. The zero-order chi connectivity index (χ0) is 10.6. The Morgan fingerprint density at radius 3 is 2.57 bits per heavy atom. The van der Waals surface area contributed by atoms with Gasteiger partial charge in [0.1, 0.15) is 0 Å². The van der Waals surface area contributed by atoms with Gasteiger partial charge >= 0.3 is 0 Å². The average Bonchev–Trinajstić information content (AvgIpc) is 2.16. The van der Waals surface area contributed by atoms with E-state index >= 15 is 0 Å². The summed E-state index contributed by atoms with van der Waals surface area (Å²) in [6.45, 7) is 0.0959. The molecule has 0 aliphatic heterocycles. The molecular weight excluding hydrogens is 187 g/mol. The molecule has 0 aliphatic carbocycles. The first-order chi connectivity index (χ1) is 6.59. The van der Waals surface area contributed by atoms with Crippen LogP contribution in [0.25, 0.3) is 0 Å². The van der Waals surface area contributed by atoms with Crippen molar-refractivity contribution in [3.05, 3.63) is 18.2 Å². The van der Waals surface area contributed by atoms with Crippen LogP contribution in [-0.2, 0) is 4.79 Å². The maximum absolute atomic E-state index is 12.4. The minimum Gasteiger partial charge on any atom is -0.347 e. The van der Waals surface area contributed by atoms with Crippen LogP contribution in [0.15, 0.2) is 12.4 Å². The molecule has 1 amide bonds. The van der Waals surface area contributed by atoms with Gasteiger partial charge in [-0.15, -0.1) is 0 Å². The van der Waals surface area contributed by atoms with Gasteiger partial charge < -0.3 is 10.2 Å². The summed E-state index contributed by atoms with van der Waals surface area (Å²) >= 11 is 0. The molecule has 0 saturated carbocycles. The lowest BCUT2D eigenvalue weighted by molar-refractivity contribution is -0.126. The lowest BCUT2D eigenvalue weighted by Gasteiger charge is -2.10. The third-order valence-electron chi connectivity index (χ3n) is 1.52. The lowest BCUT2D eigenvalue weighted by atomic mass is 10.5. The number of carbonyl (C=O) groups is 1. The van der Waals surface area contributed by atoms with Gasteiger partial charge in [0.25, 0.3) is 0 Å². The zero-order valence-electron chi connectivity index (χ0n) is 7.99. The molecule has 0 radical (unpaired) electrons. The highest BCUT2D eigenvalue weighted by atomic mass is 19.1. The summed E-state index contributed by atoms with van der Waals surface area (Å²) in [5, 5.41) is 2.67. The summed E-state index contributed by atoms with van der Waals surface area (Å²) < 4.78 is 12.4. The molecule has 0 aliphatic rings. The summed E-state index contributed by atoms with van der Waals surface area (Å²) in [6.07, 6.45) is 2.07. The third-order valence-corrected chi connectivity index (χ3v) is 1.52. The van der Waals surface area contributed by atoms with Crippen molar-refractivity contribution in [3.8, 4) is 0 Å². The van der Waals surface area contributed by atoms with Crippen molar-refractivity contribution in [1.29, 1.82) is 0 Å². The topological polar surface area (TPSA) is 58.1 Å². The number of hydrogen-bond acceptors (Lipinski definition) is 4. The first-order valence-corrected chi connectivity index (χ1v) is 4.01. The van der Waals surface area contributed by atoms with Crippen LogP contribution in [-0.4, -0.2) is 41.4 Å². The van der Waals surface area contributed by atoms with Gasteiger partial charge in [-0.2, -0.15) is 0 Å². The quantitative estimate of drug-likeness (QED) is 0.749. The number of carbonyl (C=O) groups excluding carboxylic acids is 1. The van der Waals surface area contributed by atoms with Crippen LogP contribution in [0, 0.1) is 5.82 Å². The van der Waals surface area contributed by atoms with Crippen molar-refractivity contribution < 1.29 is 9.18 Å². The molecule has 0 unspecified atom stereocenters. The number of anilines is 1. The summed E-state index contributed by atoms with van der Waals surface area (Å²) in [5.74, 6) is -0.367. The highest BCUT2D eigenvalue weighted by Crippen LogP contribution is 1.97. The summed E-state index contributed by atoms with van der Waals surface area (Å²) in [5.41, 5.74) is 0. The maximum Gasteiger partial charge on any atom is 0.241 e. The van der Waals surface area contributed by atoms with Crippen LogP contribution in [0.2, 0.25) is 0 Å². The molecule has 0 fully saturated rings. The highest BCUT2D eigenvalue weighted by molar-refractivity contribution is 5.79. The van der Waals surface area contributed by atoms with E-state index in [0.29, 0.717) is 0 Å². The lowest BCUT2D eigenvalue weighted by Crippen LogP contribution is -2.29. The monoisotopic (exact) mass is 198 g/mol. The predicted molar refractivity (Wildman–Crippen MR) is 49.2 cm³/mol. The molecule has 0 bridgehead atoms. The van der Waals surface area contributed by atoms with E-state index in [2.05, 4.69) is 15.3 Å². The highest BCUT2D eigenvalue weighted by Gasteiger charge is 2.03. The Bertz CT molecular complexity index is 312. The third kappa shape index (κ3) is 2.96. The molecule has 6 heteroatoms. The van der Waals surface area contributed by atoms with E-state index in [4.69, 9.17) is 0 Å². The normalized spacial score (nSPS) is 9.64. The van der Waals surface area contributed by atoms with Gasteiger partial charge in [0.2, 0.25) is 11.9 Å². The van der Waals surface area contributed by atoms with E-state index in [1.807, 2.05) is 0 Å². The summed E-state index contributed by atoms with van der Waals surface area (Å²) in [7, 11) is 3.30. The smallest absolute Gasteiger partial charge is 0.241 e. The Kier molecular flexibility index (Phi) is 3.33. The van der Waals surface area contributed by atoms with Crippen molar-refractivity contribution >= 4 is 11.9 Å². The van der Waals surface area contributed by atoms with Gasteiger partial charge in [-0.05, 0) is 0 Å². The van der Waals surface area contributed by atoms with Gasteiger partial charge in [0, 0.05) is 14.1 Å². The van der Waals surface area contributed by atoms with Gasteiger partial charge in [-0.3, -0.25) is 4.79 Å². The molecule has 1 N–H and O–H groups in total. The Morgan fingerprint density at radius 2 is 2.07 bits per heavy atom. The Morgan fingerprint density at radius 1 is 1.50 bits per heavy atom. The summed E-state index contributed by atoms with van der Waals surface area (Å²) in [6, 6.07) is 0. The van der Waals surface area contributed by atoms with Crippen LogP contribution in [0.5, 0.6) is 0 Å². The number of aromatic nitrogens is 2. The molecule has 14 heavy (non-hydrogen) atoms. The van der Waals surface area contributed by atoms with Crippen LogP contribution in [0.4, 0.5) is 10.3 Å². The number of nitrogens with one attached hydrogen (secondary N) is 1. The van der Waals surface area contributed by atoms with Crippen LogP contribution >= 0.6 is 0 Å². The molecule has 0 saturated heterocycles. The first-order valence-electron chi connectivity index (χ1n) is 4.01. The fourth-order valence-electron chi connectivity index (χ4n) is 0.716. The van der Waals surface area contributed by atoms with Gasteiger partial charge in [-0.1, -0.05) is 0 Å². The van der Waals surface area contributed by atoms with E-state index < -0.39 is 5.82 Å². The molecule has 1 heterocycles. The second-order valence-corrected chi connectivity index (χ2v) is 2.87. The SMILES string of the molecule is CN(C)C(=O)CNc1ncc(F)cn1. The number of likely N-dealkylation sites (N-methyl/N-ethyl adjacent to an activating group) is 1. The van der Waals surface area contributed by atoms with Crippen molar-refractivity contribution in [2.24, 2.45) is 0 Å². The molecular formula is C8H11FN4O. The van der Waals surface area contributed by atoms with Gasteiger partial charge in [0.05, 0.1) is 18.9 Å². The molecule has 1 rings (SSSR count). The molecule has 0 aromatic carbocycles. The van der Waals surface area contributed by atoms with Crippen molar-refractivity contribution in [2.45, 2.75) is 0 Å². The van der Waals surface area contributed by atoms with E-state index in [1.165, 1.54) is 4.90 Å². The van der Waals surface area contributed by atoms with E-state index in [-0.39, 0.29) is 18.4 Å². The second-order valence-electron chi connectivity index (χ2n) is 2.87. The first kappa shape index (κ1) is 10.4. The minimum atomic E-state index is -0.505. The molecule has 1 aromatic heterocycles. The predicted octanol–water partition coefficient (Wildman–Crippen LogP) is 0.116. The molecule has 0 atom stereocenters. The fourth-order valence-corrected chi connectivity index (χ4v) is 0.716. The number of halogens is 1. The Labute approximate surface area is 81.0 Å². The fraction of sp³-hybridized carbons (Fsp3) is 0.375. The Balaban J connectivity index is 2.46. The van der Waals surface area contributed by atoms with Crippen LogP contribution < -0.4 is 5.32 Å². The average molecular weight is 198 g/mol. The van der Waals surface area contributed by atoms with E-state index in [1.54, 1.807) is 14.1 Å². The van der Waals surface area contributed by atoms with E-state index in [9.17, 15) is 9.18 Å². The van der Waals surface area contributed by atoms with E-state index in [0.717, 1.165) is 12.4 Å². The Hall–Kier alpha value is -1.72. The number of rotatable bonds is 3. The summed E-state index contributed by atoms with van der Waals surface area (Å²) in [4.78, 5) is 19.8. The minimum absolute atomic E-state index is 0.0959. The van der Waals surface area contributed by atoms with Crippen LogP contribution in [0.1, 0.15) is 0 Å². The largest absolute Gasteiger partial charge is 0.347 e. The van der Waals surface area contributed by atoms with Gasteiger partial charge in [0.15, 0.2) is 5.82 Å². The van der Waals surface area contributed by atoms with Gasteiger partial charge in [-0.25, -0.2) is 14.4 Å². The maximum atomic E-state index is 12.4. The second kappa shape index (κ2) is 4.50. The molecule has 5 nitrogen and oxygen atoms in total. The molecule has 0 spiro atoms. The zero-order valence-corrected chi connectivity index (χ0v) is 7.99. The standard InChI is InChI=1S/C8H11FN4O/c1-13(2)7(14)5-12-8-10-3-6(9)4-11-8/h3-4H,5H2,1-2H3,(H,10,11,12). The van der Waals surface area contributed by atoms with Crippen molar-refractivity contribution in [3.63, 3.8) is 0 Å².